The highest BCUT2D eigenvalue weighted by molar-refractivity contribution is 9.10. The first-order valence-electron chi connectivity index (χ1n) is 5.34. The van der Waals surface area contributed by atoms with Crippen LogP contribution < -0.4 is 0 Å². The van der Waals surface area contributed by atoms with Crippen molar-refractivity contribution < 1.29 is 9.21 Å². The summed E-state index contributed by atoms with van der Waals surface area (Å²) in [6.45, 7) is 0.738. The Morgan fingerprint density at radius 2 is 2.25 bits per heavy atom. The normalized spacial score (nSPS) is 15.9. The Bertz CT molecular complexity index is 374. The molecule has 0 spiro atoms. The van der Waals surface area contributed by atoms with Crippen LogP contribution in [-0.4, -0.2) is 28.7 Å². The quantitative estimate of drug-likeness (QED) is 0.779. The van der Waals surface area contributed by atoms with Gasteiger partial charge < -0.3 is 9.32 Å². The minimum atomic E-state index is -0.00477. The molecule has 1 aromatic heterocycles. The van der Waals surface area contributed by atoms with Gasteiger partial charge in [0, 0.05) is 17.9 Å². The predicted molar refractivity (Wildman–Crippen MR) is 68.9 cm³/mol. The number of hydrogen-bond acceptors (Lipinski definition) is 2. The molecule has 1 saturated carbocycles. The van der Waals surface area contributed by atoms with Crippen molar-refractivity contribution in [1.29, 1.82) is 0 Å². The maximum absolute atomic E-state index is 12.2. The third-order valence-corrected chi connectivity index (χ3v) is 3.67. The van der Waals surface area contributed by atoms with E-state index in [-0.39, 0.29) is 5.91 Å². The van der Waals surface area contributed by atoms with Gasteiger partial charge >= 0.3 is 0 Å². The van der Waals surface area contributed by atoms with Crippen molar-refractivity contribution in [1.82, 2.24) is 4.90 Å². The van der Waals surface area contributed by atoms with Crippen molar-refractivity contribution in [2.45, 2.75) is 25.3 Å². The molecule has 0 atom stereocenters. The van der Waals surface area contributed by atoms with E-state index in [0.29, 0.717) is 16.5 Å². The minimum Gasteiger partial charge on any atom is -0.444 e. The average Bonchev–Trinajstić information content (AvgIpc) is 2.60. The van der Waals surface area contributed by atoms with Gasteiger partial charge in [0.1, 0.15) is 0 Å². The molecule has 1 aliphatic rings. The van der Waals surface area contributed by atoms with Crippen molar-refractivity contribution in [2.75, 3.05) is 11.9 Å². The maximum Gasteiger partial charge on any atom is 0.289 e. The van der Waals surface area contributed by atoms with E-state index in [2.05, 4.69) is 31.9 Å². The molecule has 88 valence electrons. The molecular weight excluding hydrogens is 338 g/mol. The number of hydrogen-bond donors (Lipinski definition) is 0. The summed E-state index contributed by atoms with van der Waals surface area (Å²) >= 11 is 6.59. The number of carbonyl (C=O) groups is 1. The molecule has 0 N–H and O–H groups in total. The van der Waals surface area contributed by atoms with Crippen LogP contribution in [0.1, 0.15) is 29.8 Å². The van der Waals surface area contributed by atoms with E-state index in [0.717, 1.165) is 24.7 Å². The van der Waals surface area contributed by atoms with E-state index in [4.69, 9.17) is 4.42 Å². The third-order valence-electron chi connectivity index (χ3n) is 2.89. The van der Waals surface area contributed by atoms with Crippen LogP contribution in [-0.2, 0) is 0 Å². The Kier molecular flexibility index (Phi) is 4.08. The van der Waals surface area contributed by atoms with Gasteiger partial charge in [0.05, 0.1) is 0 Å². The number of rotatable bonds is 4. The molecule has 0 aromatic carbocycles. The van der Waals surface area contributed by atoms with E-state index in [1.54, 1.807) is 12.1 Å². The second kappa shape index (κ2) is 5.36. The van der Waals surface area contributed by atoms with Crippen LogP contribution in [0.3, 0.4) is 0 Å². The highest BCUT2D eigenvalue weighted by atomic mass is 79.9. The van der Waals surface area contributed by atoms with Gasteiger partial charge in [-0.15, -0.1) is 0 Å². The molecule has 0 bridgehead atoms. The first-order valence-corrected chi connectivity index (χ1v) is 7.26. The van der Waals surface area contributed by atoms with Gasteiger partial charge in [-0.05, 0) is 47.3 Å². The number of carbonyl (C=O) groups excluding carboxylic acids is 1. The average molecular weight is 351 g/mol. The van der Waals surface area contributed by atoms with E-state index < -0.39 is 0 Å². The van der Waals surface area contributed by atoms with Crippen LogP contribution >= 0.6 is 31.9 Å². The van der Waals surface area contributed by atoms with Gasteiger partial charge in [-0.25, -0.2) is 0 Å². The van der Waals surface area contributed by atoms with Gasteiger partial charge in [-0.3, -0.25) is 4.79 Å². The number of furan rings is 1. The Balaban J connectivity index is 2.09. The molecule has 0 radical (unpaired) electrons. The molecule has 1 aliphatic carbocycles. The Morgan fingerprint density at radius 3 is 2.69 bits per heavy atom. The molecule has 0 aliphatic heterocycles. The highest BCUT2D eigenvalue weighted by Gasteiger charge is 2.30. The summed E-state index contributed by atoms with van der Waals surface area (Å²) in [5.74, 6) is 0.412. The molecule has 16 heavy (non-hydrogen) atoms. The van der Waals surface area contributed by atoms with Crippen LogP contribution in [0.2, 0.25) is 0 Å². The lowest BCUT2D eigenvalue weighted by Crippen LogP contribution is -2.45. The summed E-state index contributed by atoms with van der Waals surface area (Å²) in [6.07, 6.45) is 3.44. The highest BCUT2D eigenvalue weighted by Crippen LogP contribution is 2.27. The van der Waals surface area contributed by atoms with Crippen molar-refractivity contribution >= 4 is 37.8 Å². The standard InChI is InChI=1S/C11H13Br2NO2/c12-6-7-14(8-2-1-3-8)11(15)9-4-5-10(13)16-9/h4-5,8H,1-3,6-7H2. The largest absolute Gasteiger partial charge is 0.444 e. The molecule has 1 aromatic rings. The molecule has 0 unspecified atom stereocenters. The molecule has 1 fully saturated rings. The van der Waals surface area contributed by atoms with Gasteiger partial charge in [-0.1, -0.05) is 15.9 Å². The fraction of sp³-hybridized carbons (Fsp3) is 0.545. The SMILES string of the molecule is O=C(c1ccc(Br)o1)N(CCBr)C1CCC1. The van der Waals surface area contributed by atoms with Gasteiger partial charge in [-0.2, -0.15) is 0 Å². The zero-order valence-corrected chi connectivity index (χ0v) is 12.0. The smallest absolute Gasteiger partial charge is 0.289 e. The predicted octanol–water partition coefficient (Wildman–Crippen LogP) is 3.43. The van der Waals surface area contributed by atoms with Gasteiger partial charge in [0.15, 0.2) is 10.4 Å². The van der Waals surface area contributed by atoms with Crippen LogP contribution in [0.25, 0.3) is 0 Å². The minimum absolute atomic E-state index is 0.00477. The Morgan fingerprint density at radius 1 is 1.50 bits per heavy atom. The third kappa shape index (κ3) is 2.51. The van der Waals surface area contributed by atoms with E-state index >= 15 is 0 Å². The van der Waals surface area contributed by atoms with Crippen molar-refractivity contribution in [3.8, 4) is 0 Å². The fourth-order valence-electron chi connectivity index (χ4n) is 1.81. The second-order valence-electron chi connectivity index (χ2n) is 3.88. The van der Waals surface area contributed by atoms with Gasteiger partial charge in [0.25, 0.3) is 5.91 Å². The molecule has 3 nitrogen and oxygen atoms in total. The zero-order chi connectivity index (χ0) is 11.5. The monoisotopic (exact) mass is 349 g/mol. The summed E-state index contributed by atoms with van der Waals surface area (Å²) in [5, 5.41) is 0.803. The summed E-state index contributed by atoms with van der Waals surface area (Å²) in [6, 6.07) is 3.86. The van der Waals surface area contributed by atoms with Crippen LogP contribution in [0.15, 0.2) is 21.2 Å². The number of halogens is 2. The molecule has 0 saturated heterocycles. The summed E-state index contributed by atoms with van der Waals surface area (Å²) in [4.78, 5) is 14.1. The maximum atomic E-state index is 12.2. The number of nitrogens with zero attached hydrogens (tertiary/aromatic N) is 1. The first kappa shape index (κ1) is 12.2. The van der Waals surface area contributed by atoms with Crippen LogP contribution in [0.4, 0.5) is 0 Å². The lowest BCUT2D eigenvalue weighted by atomic mass is 9.91. The Hall–Kier alpha value is -0.290. The summed E-state index contributed by atoms with van der Waals surface area (Å²) in [7, 11) is 0. The molecule has 2 rings (SSSR count). The Labute approximate surface area is 111 Å². The van der Waals surface area contributed by atoms with Crippen molar-refractivity contribution in [2.24, 2.45) is 0 Å². The topological polar surface area (TPSA) is 33.5 Å². The summed E-state index contributed by atoms with van der Waals surface area (Å²) in [5.41, 5.74) is 0. The van der Waals surface area contributed by atoms with Crippen LogP contribution in [0.5, 0.6) is 0 Å². The van der Waals surface area contributed by atoms with E-state index in [1.165, 1.54) is 6.42 Å². The van der Waals surface area contributed by atoms with Gasteiger partial charge in [0.2, 0.25) is 0 Å². The van der Waals surface area contributed by atoms with E-state index in [1.807, 2.05) is 4.90 Å². The van der Waals surface area contributed by atoms with E-state index in [9.17, 15) is 4.79 Å². The number of alkyl halides is 1. The molecule has 5 heteroatoms. The first-order chi connectivity index (χ1) is 7.72. The van der Waals surface area contributed by atoms with Crippen molar-refractivity contribution in [3.63, 3.8) is 0 Å². The fourth-order valence-corrected chi connectivity index (χ4v) is 2.50. The second-order valence-corrected chi connectivity index (χ2v) is 5.45. The number of amides is 1. The zero-order valence-electron chi connectivity index (χ0n) is 8.79. The van der Waals surface area contributed by atoms with Crippen LogP contribution in [0, 0.1) is 0 Å². The lowest BCUT2D eigenvalue weighted by molar-refractivity contribution is 0.0566. The molecule has 1 amide bonds. The molecular formula is C11H13Br2NO2. The molecule has 1 heterocycles. The summed E-state index contributed by atoms with van der Waals surface area (Å²) < 4.78 is 5.90. The van der Waals surface area contributed by atoms with Crippen molar-refractivity contribution in [3.05, 3.63) is 22.6 Å². The lowest BCUT2D eigenvalue weighted by Gasteiger charge is -2.36.